The fourth-order valence-corrected chi connectivity index (χ4v) is 3.14. The summed E-state index contributed by atoms with van der Waals surface area (Å²) >= 11 is 10.6. The van der Waals surface area contributed by atoms with Gasteiger partial charge in [0.25, 0.3) is 0 Å². The van der Waals surface area contributed by atoms with E-state index < -0.39 is 0 Å². The molecule has 19 heavy (non-hydrogen) atoms. The minimum Gasteiger partial charge on any atom is -0.342 e. The average Bonchev–Trinajstić information content (AvgIpc) is 3.26. The molecule has 1 aliphatic rings. The molecular weight excluding hydrogens is 340 g/mol. The Bertz CT molecular complexity index is 660. The second-order valence-electron chi connectivity index (χ2n) is 4.62. The van der Waals surface area contributed by atoms with Crippen LogP contribution in [0.5, 0.6) is 0 Å². The van der Waals surface area contributed by atoms with Crippen LogP contribution in [-0.4, -0.2) is 16.2 Å². The summed E-state index contributed by atoms with van der Waals surface area (Å²) in [5.41, 5.74) is 2.28. The maximum absolute atomic E-state index is 5.34. The normalized spacial score (nSPS) is 14.6. The van der Waals surface area contributed by atoms with Crippen LogP contribution in [0, 0.1) is 4.64 Å². The van der Waals surface area contributed by atoms with E-state index in [-0.39, 0.29) is 0 Å². The first-order chi connectivity index (χ1) is 9.19. The highest BCUT2D eigenvalue weighted by Gasteiger charge is 2.27. The Morgan fingerprint density at radius 1 is 1.32 bits per heavy atom. The molecule has 1 aromatic carbocycles. The van der Waals surface area contributed by atoms with E-state index in [0.717, 1.165) is 15.9 Å². The van der Waals surface area contributed by atoms with Crippen LogP contribution in [0.15, 0.2) is 33.6 Å². The molecule has 1 aromatic heterocycles. The first-order valence-electron chi connectivity index (χ1n) is 6.13. The Hall–Kier alpha value is -0.650. The van der Waals surface area contributed by atoms with Gasteiger partial charge < -0.3 is 4.98 Å². The van der Waals surface area contributed by atoms with Gasteiger partial charge in [-0.25, -0.2) is 4.98 Å². The van der Waals surface area contributed by atoms with Crippen LogP contribution < -0.4 is 0 Å². The zero-order valence-corrected chi connectivity index (χ0v) is 13.7. The monoisotopic (exact) mass is 352 g/mol. The Morgan fingerprint density at radius 3 is 2.58 bits per heavy atom. The third kappa shape index (κ3) is 2.78. The quantitative estimate of drug-likeness (QED) is 0.610. The SMILES string of the molecule is CSc1ccc(-c2nc(=S)c(Br)c(C3CC3)[nH]2)cc1. The Morgan fingerprint density at radius 2 is 2.00 bits per heavy atom. The lowest BCUT2D eigenvalue weighted by molar-refractivity contribution is 0.972. The molecule has 0 spiro atoms. The van der Waals surface area contributed by atoms with Gasteiger partial charge >= 0.3 is 0 Å². The van der Waals surface area contributed by atoms with Crippen molar-refractivity contribution in [1.29, 1.82) is 0 Å². The first-order valence-corrected chi connectivity index (χ1v) is 8.56. The number of rotatable bonds is 3. The van der Waals surface area contributed by atoms with E-state index in [2.05, 4.69) is 56.4 Å². The highest BCUT2D eigenvalue weighted by Crippen LogP contribution is 2.42. The summed E-state index contributed by atoms with van der Waals surface area (Å²) in [7, 11) is 0. The molecule has 0 unspecified atom stereocenters. The van der Waals surface area contributed by atoms with Crippen LogP contribution in [0.25, 0.3) is 11.4 Å². The lowest BCUT2D eigenvalue weighted by atomic mass is 10.2. The van der Waals surface area contributed by atoms with Crippen LogP contribution in [0.4, 0.5) is 0 Å². The number of hydrogen-bond acceptors (Lipinski definition) is 3. The summed E-state index contributed by atoms with van der Waals surface area (Å²) in [6.45, 7) is 0. The van der Waals surface area contributed by atoms with Crippen molar-refractivity contribution in [1.82, 2.24) is 9.97 Å². The predicted molar refractivity (Wildman–Crippen MR) is 86.3 cm³/mol. The van der Waals surface area contributed by atoms with E-state index in [1.165, 1.54) is 23.4 Å². The van der Waals surface area contributed by atoms with Crippen molar-refractivity contribution in [2.24, 2.45) is 0 Å². The van der Waals surface area contributed by atoms with Crippen LogP contribution in [0.2, 0.25) is 0 Å². The second-order valence-corrected chi connectivity index (χ2v) is 6.68. The van der Waals surface area contributed by atoms with Crippen LogP contribution >= 0.6 is 39.9 Å². The molecule has 0 aliphatic heterocycles. The third-order valence-corrected chi connectivity index (χ3v) is 5.34. The summed E-state index contributed by atoms with van der Waals surface area (Å²) in [6, 6.07) is 8.39. The summed E-state index contributed by atoms with van der Waals surface area (Å²) < 4.78 is 1.60. The number of aromatic nitrogens is 2. The smallest absolute Gasteiger partial charge is 0.144 e. The molecule has 3 rings (SSSR count). The number of aromatic amines is 1. The van der Waals surface area contributed by atoms with E-state index in [1.54, 1.807) is 11.8 Å². The van der Waals surface area contributed by atoms with Crippen LogP contribution in [0.3, 0.4) is 0 Å². The molecule has 1 aliphatic carbocycles. The Balaban J connectivity index is 2.06. The van der Waals surface area contributed by atoms with E-state index in [9.17, 15) is 0 Å². The fraction of sp³-hybridized carbons (Fsp3) is 0.286. The molecule has 98 valence electrons. The van der Waals surface area contributed by atoms with Gasteiger partial charge in [0.2, 0.25) is 0 Å². The summed E-state index contributed by atoms with van der Waals surface area (Å²) in [5.74, 6) is 1.48. The number of hydrogen-bond donors (Lipinski definition) is 1. The maximum Gasteiger partial charge on any atom is 0.144 e. The third-order valence-electron chi connectivity index (χ3n) is 3.24. The zero-order chi connectivity index (χ0) is 13.4. The number of nitrogens with one attached hydrogen (secondary N) is 1. The van der Waals surface area contributed by atoms with E-state index >= 15 is 0 Å². The van der Waals surface area contributed by atoms with E-state index in [1.807, 2.05) is 0 Å². The largest absolute Gasteiger partial charge is 0.342 e. The summed E-state index contributed by atoms with van der Waals surface area (Å²) in [6.07, 6.45) is 4.54. The molecule has 0 bridgehead atoms. The molecule has 2 nitrogen and oxygen atoms in total. The molecule has 2 aromatic rings. The van der Waals surface area contributed by atoms with Crippen molar-refractivity contribution in [2.45, 2.75) is 23.7 Å². The molecule has 1 N–H and O–H groups in total. The van der Waals surface area contributed by atoms with Gasteiger partial charge in [-0.2, -0.15) is 0 Å². The summed E-state index contributed by atoms with van der Waals surface area (Å²) in [5, 5.41) is 0. The van der Waals surface area contributed by atoms with E-state index in [0.29, 0.717) is 10.6 Å². The number of benzene rings is 1. The molecule has 0 radical (unpaired) electrons. The van der Waals surface area contributed by atoms with Gasteiger partial charge in [-0.3, -0.25) is 0 Å². The Labute approximate surface area is 130 Å². The Kier molecular flexibility index (Phi) is 3.78. The standard InChI is InChI=1S/C14H13BrN2S2/c1-19-10-6-4-9(5-7-10)13-16-12(8-2-3-8)11(15)14(18)17-13/h4-8H,2-3H2,1H3,(H,16,17,18). The number of thioether (sulfide) groups is 1. The van der Waals surface area contributed by atoms with Gasteiger partial charge in [0.05, 0.1) is 4.47 Å². The van der Waals surface area contributed by atoms with Crippen LogP contribution in [-0.2, 0) is 0 Å². The molecule has 5 heteroatoms. The van der Waals surface area contributed by atoms with Crippen molar-refractivity contribution in [2.75, 3.05) is 6.26 Å². The minimum atomic E-state index is 0.614. The van der Waals surface area contributed by atoms with Crippen molar-refractivity contribution >= 4 is 39.9 Å². The maximum atomic E-state index is 5.34. The average molecular weight is 353 g/mol. The number of halogens is 1. The molecule has 1 saturated carbocycles. The lowest BCUT2D eigenvalue weighted by Gasteiger charge is -2.08. The minimum absolute atomic E-state index is 0.614. The molecule has 0 amide bonds. The van der Waals surface area contributed by atoms with Crippen molar-refractivity contribution < 1.29 is 0 Å². The molecule has 0 saturated heterocycles. The fourth-order valence-electron chi connectivity index (χ4n) is 2.02. The van der Waals surface area contributed by atoms with Gasteiger partial charge in [-0.15, -0.1) is 11.8 Å². The van der Waals surface area contributed by atoms with Crippen molar-refractivity contribution in [3.63, 3.8) is 0 Å². The van der Waals surface area contributed by atoms with Gasteiger partial charge in [0.1, 0.15) is 10.5 Å². The summed E-state index contributed by atoms with van der Waals surface area (Å²) in [4.78, 5) is 9.16. The topological polar surface area (TPSA) is 28.7 Å². The predicted octanol–water partition coefficient (Wildman–Crippen LogP) is 5.17. The van der Waals surface area contributed by atoms with Crippen molar-refractivity contribution in [3.05, 3.63) is 39.1 Å². The number of nitrogens with zero attached hydrogens (tertiary/aromatic N) is 1. The first kappa shape index (κ1) is 13.3. The number of H-pyrrole nitrogens is 1. The van der Waals surface area contributed by atoms with Gasteiger partial charge in [0, 0.05) is 22.1 Å². The van der Waals surface area contributed by atoms with Gasteiger partial charge in [-0.1, -0.05) is 24.4 Å². The lowest BCUT2D eigenvalue weighted by Crippen LogP contribution is -1.97. The van der Waals surface area contributed by atoms with Crippen LogP contribution in [0.1, 0.15) is 24.5 Å². The second kappa shape index (κ2) is 5.38. The molecule has 1 fully saturated rings. The molecular formula is C14H13BrN2S2. The molecule has 0 atom stereocenters. The highest BCUT2D eigenvalue weighted by atomic mass is 79.9. The van der Waals surface area contributed by atoms with Gasteiger partial charge in [0.15, 0.2) is 0 Å². The zero-order valence-electron chi connectivity index (χ0n) is 10.4. The van der Waals surface area contributed by atoms with Gasteiger partial charge in [-0.05, 0) is 47.2 Å². The van der Waals surface area contributed by atoms with Crippen molar-refractivity contribution in [3.8, 4) is 11.4 Å². The van der Waals surface area contributed by atoms with E-state index in [4.69, 9.17) is 12.2 Å². The highest BCUT2D eigenvalue weighted by molar-refractivity contribution is 9.10. The molecule has 1 heterocycles.